The number of nitrogens with zero attached hydrogens (tertiary/aromatic N) is 3. The second kappa shape index (κ2) is 9.66. The number of aromatic nitrogens is 1. The van der Waals surface area contributed by atoms with Crippen molar-refractivity contribution in [2.45, 2.75) is 5.41 Å². The van der Waals surface area contributed by atoms with Crippen LogP contribution < -0.4 is 9.64 Å². The maximum atomic E-state index is 6.13. The molecule has 0 saturated carbocycles. The molecule has 190 valence electrons. The number of rotatable bonds is 5. The maximum absolute atomic E-state index is 6.13. The average molecular weight is 676 g/mol. The van der Waals surface area contributed by atoms with Crippen LogP contribution in [0.1, 0.15) is 22.4 Å². The summed E-state index contributed by atoms with van der Waals surface area (Å²) in [5.74, 6) is 0.823. The summed E-state index contributed by atoms with van der Waals surface area (Å²) in [6, 6.07) is 35.9. The van der Waals surface area contributed by atoms with Gasteiger partial charge in [0.25, 0.3) is 0 Å². The van der Waals surface area contributed by atoms with Gasteiger partial charge in [0.2, 0.25) is 0 Å². The summed E-state index contributed by atoms with van der Waals surface area (Å²) in [7, 11) is 1.96. The van der Waals surface area contributed by atoms with Gasteiger partial charge >= 0.3 is 0 Å². The van der Waals surface area contributed by atoms with Gasteiger partial charge in [0, 0.05) is 33.0 Å². The molecule has 0 saturated heterocycles. The Bertz CT molecular complexity index is 1580. The number of pyridine rings is 1. The molecule has 0 fully saturated rings. The summed E-state index contributed by atoms with van der Waals surface area (Å²) in [5.41, 5.74) is 6.77. The molecular weight excluding hydrogens is 653 g/mol. The number of hydrogen-bond acceptors (Lipinski definition) is 5. The molecule has 5 nitrogen and oxygen atoms in total. The summed E-state index contributed by atoms with van der Waals surface area (Å²) in [5, 5.41) is 0. The van der Waals surface area contributed by atoms with E-state index in [2.05, 4.69) is 72.8 Å². The van der Waals surface area contributed by atoms with Crippen LogP contribution in [0.3, 0.4) is 0 Å². The Morgan fingerprint density at radius 2 is 1.58 bits per heavy atom. The Labute approximate surface area is 236 Å². The molecule has 0 atom stereocenters. The Hall–Kier alpha value is -4.08. The number of benzene rings is 3. The van der Waals surface area contributed by atoms with Crippen molar-refractivity contribution in [3.05, 3.63) is 151 Å². The third kappa shape index (κ3) is 3.77. The predicted molar refractivity (Wildman–Crippen MR) is 142 cm³/mol. The van der Waals surface area contributed by atoms with Crippen molar-refractivity contribution in [1.29, 1.82) is 0 Å². The van der Waals surface area contributed by atoms with Crippen molar-refractivity contribution in [3.63, 3.8) is 0 Å². The van der Waals surface area contributed by atoms with Gasteiger partial charge in [0.1, 0.15) is 0 Å². The van der Waals surface area contributed by atoms with Crippen molar-refractivity contribution in [1.82, 2.24) is 9.88 Å². The topological polar surface area (TPSA) is 41.7 Å². The van der Waals surface area contributed by atoms with E-state index >= 15 is 0 Å². The van der Waals surface area contributed by atoms with Crippen molar-refractivity contribution in [3.8, 4) is 22.8 Å². The van der Waals surface area contributed by atoms with Gasteiger partial charge in [0.05, 0.1) is 11.1 Å². The maximum Gasteiger partial charge on any atom is 0.172 e. The normalized spacial score (nSPS) is 14.7. The summed E-state index contributed by atoms with van der Waals surface area (Å²) >= 11 is 0. The molecule has 2 aromatic heterocycles. The number of ether oxygens (including phenoxy) is 1. The molecule has 3 heterocycles. The van der Waals surface area contributed by atoms with Crippen LogP contribution in [-0.2, 0) is 26.5 Å². The van der Waals surface area contributed by atoms with Crippen LogP contribution in [0, 0.1) is 18.8 Å². The molecule has 0 radical (unpaired) electrons. The second-order valence-electron chi connectivity index (χ2n) is 9.11. The smallest absolute Gasteiger partial charge is 0.172 e. The molecule has 5 aromatic rings. The van der Waals surface area contributed by atoms with Gasteiger partial charge in [-0.25, -0.2) is 0 Å². The average Bonchev–Trinajstić information content (AvgIpc) is 3.66. The monoisotopic (exact) mass is 675 g/mol. The van der Waals surface area contributed by atoms with Crippen LogP contribution in [0.25, 0.3) is 11.1 Å². The van der Waals surface area contributed by atoms with E-state index in [4.69, 9.17) is 14.1 Å². The zero-order valence-electron chi connectivity index (χ0n) is 20.4. The summed E-state index contributed by atoms with van der Waals surface area (Å²) in [4.78, 5) is 8.74. The fraction of sp³-hybridized carbons (Fsp3) is 0.0625. The minimum Gasteiger partial charge on any atom is -0.540 e. The van der Waals surface area contributed by atoms with E-state index in [1.807, 2.05) is 66.4 Å². The van der Waals surface area contributed by atoms with Gasteiger partial charge < -0.3 is 19.0 Å². The molecule has 0 spiro atoms. The standard InChI is InChI=1S/C32H22N3O2.Pt/c1-34-17-18-35(22-34)24-20-31(36-21-24)37-25-10-8-9-23(19-25)32(30-15-6-7-16-33-30)28-13-4-2-11-26(28)27-12-3-5-14-29(27)32;/h2-18,21-22H,1H3;/q-3;. The minimum absolute atomic E-state index is 0. The first-order valence-corrected chi connectivity index (χ1v) is 12.1. The van der Waals surface area contributed by atoms with E-state index in [-0.39, 0.29) is 27.0 Å². The molecule has 0 amide bonds. The van der Waals surface area contributed by atoms with Gasteiger partial charge in [-0.1, -0.05) is 54.6 Å². The first kappa shape index (κ1) is 24.3. The van der Waals surface area contributed by atoms with Crippen molar-refractivity contribution < 1.29 is 30.2 Å². The van der Waals surface area contributed by atoms with E-state index in [0.717, 1.165) is 16.9 Å². The molecule has 3 aromatic carbocycles. The largest absolute Gasteiger partial charge is 0.540 e. The fourth-order valence-corrected chi connectivity index (χ4v) is 5.39. The molecule has 1 aliphatic heterocycles. The van der Waals surface area contributed by atoms with Crippen LogP contribution in [0.4, 0.5) is 5.69 Å². The van der Waals surface area contributed by atoms with Gasteiger partial charge in [0.15, 0.2) is 5.95 Å². The van der Waals surface area contributed by atoms with Crippen LogP contribution in [0.15, 0.2) is 114 Å². The Kier molecular flexibility index (Phi) is 6.17. The minimum atomic E-state index is -0.633. The van der Waals surface area contributed by atoms with E-state index in [9.17, 15) is 0 Å². The molecule has 6 heteroatoms. The third-order valence-corrected chi connectivity index (χ3v) is 6.93. The molecule has 0 N–H and O–H groups in total. The first-order valence-electron chi connectivity index (χ1n) is 12.1. The van der Waals surface area contributed by atoms with Gasteiger partial charge in [-0.3, -0.25) is 4.98 Å². The number of anilines is 1. The summed E-state index contributed by atoms with van der Waals surface area (Å²) < 4.78 is 11.8. The number of hydrogen-bond donors (Lipinski definition) is 0. The van der Waals surface area contributed by atoms with E-state index in [1.165, 1.54) is 22.3 Å². The van der Waals surface area contributed by atoms with E-state index < -0.39 is 5.41 Å². The third-order valence-electron chi connectivity index (χ3n) is 6.93. The summed E-state index contributed by atoms with van der Waals surface area (Å²) in [6.07, 6.45) is 7.36. The van der Waals surface area contributed by atoms with Gasteiger partial charge in [-0.15, -0.1) is 29.4 Å². The number of fused-ring (bicyclic) bond motifs is 3. The quantitative estimate of drug-likeness (QED) is 0.189. The summed E-state index contributed by atoms with van der Waals surface area (Å²) in [6.45, 7) is 1.93. The van der Waals surface area contributed by atoms with Gasteiger partial charge in [-0.05, 0) is 60.1 Å². The molecule has 0 unspecified atom stereocenters. The van der Waals surface area contributed by atoms with Gasteiger partial charge in [-0.2, -0.15) is 18.8 Å². The fourth-order valence-electron chi connectivity index (χ4n) is 5.39. The Balaban J connectivity index is 0.00000264. The van der Waals surface area contributed by atoms with Crippen molar-refractivity contribution in [2.75, 3.05) is 11.9 Å². The van der Waals surface area contributed by atoms with E-state index in [1.54, 1.807) is 6.26 Å². The van der Waals surface area contributed by atoms with Crippen LogP contribution >= 0.6 is 0 Å². The first-order chi connectivity index (χ1) is 18.2. The molecule has 1 aliphatic carbocycles. The van der Waals surface area contributed by atoms with Crippen molar-refractivity contribution in [2.24, 2.45) is 0 Å². The molecule has 2 aliphatic rings. The molecule has 0 bridgehead atoms. The predicted octanol–water partition coefficient (Wildman–Crippen LogP) is 6.77. The van der Waals surface area contributed by atoms with E-state index in [0.29, 0.717) is 5.75 Å². The van der Waals surface area contributed by atoms with Crippen LogP contribution in [0.2, 0.25) is 0 Å². The zero-order chi connectivity index (χ0) is 24.8. The second-order valence-corrected chi connectivity index (χ2v) is 9.11. The van der Waals surface area contributed by atoms with Crippen molar-refractivity contribution >= 4 is 5.69 Å². The Morgan fingerprint density at radius 3 is 2.26 bits per heavy atom. The van der Waals surface area contributed by atoms with Crippen LogP contribution in [-0.4, -0.2) is 16.9 Å². The molecule has 7 rings (SSSR count). The number of furan rings is 1. The Morgan fingerprint density at radius 1 is 0.842 bits per heavy atom. The SMILES string of the molecule is CN1C=CN(c2[c-]c(Oc3[c-]c(C4(c5ccccn5)c5ccccc5-c5ccccc54)ccc3)oc2)[CH-]1.[Pt]. The zero-order valence-corrected chi connectivity index (χ0v) is 22.7. The molecule has 38 heavy (non-hydrogen) atoms. The van der Waals surface area contributed by atoms with Crippen LogP contribution in [0.5, 0.6) is 11.7 Å². The molecular formula is C32H22N3O2Pt-3.